The van der Waals surface area contributed by atoms with Crippen LogP contribution >= 0.6 is 0 Å². The van der Waals surface area contributed by atoms with Gasteiger partial charge in [-0.1, -0.05) is 25.5 Å². The summed E-state index contributed by atoms with van der Waals surface area (Å²) < 4.78 is 0. The number of carboxylic acids is 1. The fourth-order valence-corrected chi connectivity index (χ4v) is 2.82. The molecule has 1 aliphatic rings. The van der Waals surface area contributed by atoms with Crippen molar-refractivity contribution in [2.75, 3.05) is 0 Å². The van der Waals surface area contributed by atoms with Crippen LogP contribution in [-0.4, -0.2) is 33.5 Å². The molecule has 1 fully saturated rings. The largest absolute Gasteiger partial charge is 0.481 e. The van der Waals surface area contributed by atoms with Gasteiger partial charge in [0.25, 0.3) is 0 Å². The van der Waals surface area contributed by atoms with E-state index in [-0.39, 0.29) is 24.4 Å². The number of rotatable bonds is 7. The minimum atomic E-state index is -0.760. The fraction of sp³-hybridized carbons (Fsp3) is 0.786. The Balaban J connectivity index is 2.29. The lowest BCUT2D eigenvalue weighted by atomic mass is 9.88. The maximum absolute atomic E-state index is 10.3. The molecule has 0 spiro atoms. The third-order valence-corrected chi connectivity index (χ3v) is 3.83. The molecule has 0 aliphatic heterocycles. The molecule has 1 rings (SSSR count). The zero-order chi connectivity index (χ0) is 13.5. The Bertz CT molecular complexity index is 288. The standard InChI is InChI=1S/C14H24O4/c1-2-10-11(13(16)9-12(10)15)7-5-3-4-6-8-14(17)18/h3,5,10-13,15-16H,2,4,6-9H2,1H3,(H,17,18)/t10-,11-,12-,13+/m1/s1. The second-order valence-corrected chi connectivity index (χ2v) is 5.10. The number of hydrogen-bond donors (Lipinski definition) is 3. The number of aliphatic carboxylic acids is 1. The van der Waals surface area contributed by atoms with Crippen molar-refractivity contribution in [3.8, 4) is 0 Å². The van der Waals surface area contributed by atoms with Crippen molar-refractivity contribution in [2.24, 2.45) is 11.8 Å². The Morgan fingerprint density at radius 1 is 1.22 bits per heavy atom. The minimum Gasteiger partial charge on any atom is -0.481 e. The van der Waals surface area contributed by atoms with Gasteiger partial charge in [-0.2, -0.15) is 0 Å². The van der Waals surface area contributed by atoms with Gasteiger partial charge in [-0.05, 0) is 37.5 Å². The van der Waals surface area contributed by atoms with E-state index in [9.17, 15) is 15.0 Å². The van der Waals surface area contributed by atoms with Gasteiger partial charge in [-0.25, -0.2) is 0 Å². The van der Waals surface area contributed by atoms with E-state index in [1.807, 2.05) is 19.1 Å². The molecule has 104 valence electrons. The molecule has 0 aromatic rings. The predicted octanol–water partition coefficient (Wildman–Crippen LogP) is 1.96. The monoisotopic (exact) mass is 256 g/mol. The lowest BCUT2D eigenvalue weighted by molar-refractivity contribution is -0.137. The van der Waals surface area contributed by atoms with E-state index in [0.717, 1.165) is 19.3 Å². The van der Waals surface area contributed by atoms with Crippen LogP contribution in [0, 0.1) is 11.8 Å². The van der Waals surface area contributed by atoms with E-state index in [1.165, 1.54) is 0 Å². The Labute approximate surface area is 108 Å². The number of aliphatic hydroxyl groups is 2. The quantitative estimate of drug-likeness (QED) is 0.480. The summed E-state index contributed by atoms with van der Waals surface area (Å²) in [6.07, 6.45) is 6.95. The highest BCUT2D eigenvalue weighted by atomic mass is 16.4. The number of hydrogen-bond acceptors (Lipinski definition) is 3. The SMILES string of the molecule is CC[C@@H]1[C@@H](CC=CCCCC(=O)O)[C@@H](O)C[C@H]1O. The van der Waals surface area contributed by atoms with Gasteiger partial charge in [-0.3, -0.25) is 4.79 Å². The van der Waals surface area contributed by atoms with Gasteiger partial charge < -0.3 is 15.3 Å². The average molecular weight is 256 g/mol. The third kappa shape index (κ3) is 4.42. The van der Waals surface area contributed by atoms with Gasteiger partial charge in [0.2, 0.25) is 0 Å². The van der Waals surface area contributed by atoms with Crippen molar-refractivity contribution in [3.63, 3.8) is 0 Å². The highest BCUT2D eigenvalue weighted by Gasteiger charge is 2.39. The number of allylic oxidation sites excluding steroid dienone is 2. The first-order valence-corrected chi connectivity index (χ1v) is 6.79. The molecule has 0 aromatic carbocycles. The van der Waals surface area contributed by atoms with E-state index in [2.05, 4.69) is 0 Å². The van der Waals surface area contributed by atoms with Gasteiger partial charge in [0, 0.05) is 6.42 Å². The van der Waals surface area contributed by atoms with Gasteiger partial charge in [0.05, 0.1) is 12.2 Å². The van der Waals surface area contributed by atoms with Crippen molar-refractivity contribution in [1.82, 2.24) is 0 Å². The van der Waals surface area contributed by atoms with Crippen molar-refractivity contribution >= 4 is 5.97 Å². The van der Waals surface area contributed by atoms with E-state index in [4.69, 9.17) is 5.11 Å². The molecule has 0 unspecified atom stereocenters. The summed E-state index contributed by atoms with van der Waals surface area (Å²) in [5.74, 6) is -0.437. The van der Waals surface area contributed by atoms with Gasteiger partial charge >= 0.3 is 5.97 Å². The number of aliphatic hydroxyl groups excluding tert-OH is 2. The molecule has 1 saturated carbocycles. The van der Waals surface area contributed by atoms with Crippen LogP contribution in [0.2, 0.25) is 0 Å². The number of carboxylic acid groups (broad SMARTS) is 1. The minimum absolute atomic E-state index is 0.140. The first-order valence-electron chi connectivity index (χ1n) is 6.79. The fourth-order valence-electron chi connectivity index (χ4n) is 2.82. The molecule has 0 amide bonds. The predicted molar refractivity (Wildman–Crippen MR) is 69.1 cm³/mol. The highest BCUT2D eigenvalue weighted by molar-refractivity contribution is 5.66. The maximum Gasteiger partial charge on any atom is 0.303 e. The lowest BCUT2D eigenvalue weighted by Crippen LogP contribution is -2.20. The Morgan fingerprint density at radius 2 is 1.89 bits per heavy atom. The molecule has 0 heterocycles. The second kappa shape index (κ2) is 7.54. The first-order chi connectivity index (χ1) is 8.56. The average Bonchev–Trinajstić information content (AvgIpc) is 2.57. The molecule has 18 heavy (non-hydrogen) atoms. The first kappa shape index (κ1) is 15.2. The van der Waals surface area contributed by atoms with Crippen molar-refractivity contribution in [3.05, 3.63) is 12.2 Å². The molecule has 1 aliphatic carbocycles. The molecule has 4 atom stereocenters. The second-order valence-electron chi connectivity index (χ2n) is 5.10. The van der Waals surface area contributed by atoms with Crippen LogP contribution < -0.4 is 0 Å². The van der Waals surface area contributed by atoms with Crippen molar-refractivity contribution < 1.29 is 20.1 Å². The summed E-state index contributed by atoms with van der Waals surface area (Å²) in [5.41, 5.74) is 0. The van der Waals surface area contributed by atoms with E-state index >= 15 is 0 Å². The summed E-state index contributed by atoms with van der Waals surface area (Å²) in [6.45, 7) is 2.04. The molecule has 0 bridgehead atoms. The van der Waals surface area contributed by atoms with E-state index in [1.54, 1.807) is 0 Å². The van der Waals surface area contributed by atoms with Crippen LogP contribution in [-0.2, 0) is 4.79 Å². The molecule has 0 aromatic heterocycles. The smallest absolute Gasteiger partial charge is 0.303 e. The lowest BCUT2D eigenvalue weighted by Gasteiger charge is -2.20. The summed E-state index contributed by atoms with van der Waals surface area (Å²) in [4.78, 5) is 10.3. The summed E-state index contributed by atoms with van der Waals surface area (Å²) in [6, 6.07) is 0. The number of unbranched alkanes of at least 4 members (excludes halogenated alkanes) is 1. The van der Waals surface area contributed by atoms with Crippen LogP contribution in [0.3, 0.4) is 0 Å². The molecule has 4 nitrogen and oxygen atoms in total. The molecular weight excluding hydrogens is 232 g/mol. The van der Waals surface area contributed by atoms with Gasteiger partial charge in [-0.15, -0.1) is 0 Å². The Morgan fingerprint density at radius 3 is 2.50 bits per heavy atom. The van der Waals surface area contributed by atoms with Gasteiger partial charge in [0.1, 0.15) is 0 Å². The molecule has 4 heteroatoms. The van der Waals surface area contributed by atoms with Crippen LogP contribution in [0.25, 0.3) is 0 Å². The zero-order valence-electron chi connectivity index (χ0n) is 11.0. The molecule has 0 radical (unpaired) electrons. The summed E-state index contributed by atoms with van der Waals surface area (Å²) in [5, 5.41) is 28.1. The van der Waals surface area contributed by atoms with Crippen molar-refractivity contribution in [1.29, 1.82) is 0 Å². The molecule has 3 N–H and O–H groups in total. The topological polar surface area (TPSA) is 77.8 Å². The van der Waals surface area contributed by atoms with Crippen molar-refractivity contribution in [2.45, 2.75) is 57.7 Å². The van der Waals surface area contributed by atoms with E-state index < -0.39 is 12.1 Å². The van der Waals surface area contributed by atoms with Crippen LogP contribution in [0.5, 0.6) is 0 Å². The number of carbonyl (C=O) groups is 1. The maximum atomic E-state index is 10.3. The normalized spacial score (nSPS) is 32.2. The van der Waals surface area contributed by atoms with Gasteiger partial charge in [0.15, 0.2) is 0 Å². The van der Waals surface area contributed by atoms with Crippen LogP contribution in [0.1, 0.15) is 45.4 Å². The van der Waals surface area contributed by atoms with Crippen LogP contribution in [0.4, 0.5) is 0 Å². The highest BCUT2D eigenvalue weighted by Crippen LogP contribution is 2.37. The zero-order valence-corrected chi connectivity index (χ0v) is 11.0. The molecular formula is C14H24O4. The third-order valence-electron chi connectivity index (χ3n) is 3.83. The Kier molecular flexibility index (Phi) is 6.36. The van der Waals surface area contributed by atoms with Crippen LogP contribution in [0.15, 0.2) is 12.2 Å². The Hall–Kier alpha value is -0.870. The summed E-state index contributed by atoms with van der Waals surface area (Å²) >= 11 is 0. The molecule has 0 saturated heterocycles. The van der Waals surface area contributed by atoms with E-state index in [0.29, 0.717) is 12.8 Å². The summed E-state index contributed by atoms with van der Waals surface area (Å²) in [7, 11) is 0.